The highest BCUT2D eigenvalue weighted by Gasteiger charge is 2.18. The van der Waals surface area contributed by atoms with Gasteiger partial charge in [0.25, 0.3) is 0 Å². The van der Waals surface area contributed by atoms with E-state index in [9.17, 15) is 8.78 Å². The van der Waals surface area contributed by atoms with Crippen LogP contribution in [0.1, 0.15) is 44.6 Å². The normalized spacial score (nSPS) is 21.5. The molecule has 0 heterocycles. The topological polar surface area (TPSA) is 9.23 Å². The number of hydrogen-bond donors (Lipinski definition) is 0. The smallest absolute Gasteiger partial charge is 0.200 e. The van der Waals surface area contributed by atoms with Gasteiger partial charge in [-0.3, -0.25) is 0 Å². The van der Waals surface area contributed by atoms with Crippen LogP contribution in [-0.4, -0.2) is 6.61 Å². The molecular weight excluding hydrogens is 294 g/mol. The van der Waals surface area contributed by atoms with Crippen molar-refractivity contribution in [3.05, 3.63) is 54.1 Å². The molecule has 0 unspecified atom stereocenters. The molecule has 0 saturated heterocycles. The molecule has 0 bridgehead atoms. The van der Waals surface area contributed by atoms with E-state index in [1.807, 2.05) is 6.08 Å². The van der Waals surface area contributed by atoms with Crippen molar-refractivity contribution in [1.82, 2.24) is 0 Å². The van der Waals surface area contributed by atoms with Crippen molar-refractivity contribution in [3.8, 4) is 5.75 Å². The molecule has 1 nitrogen and oxygen atoms in total. The zero-order chi connectivity index (χ0) is 16.7. The molecule has 0 aromatic heterocycles. The fourth-order valence-corrected chi connectivity index (χ4v) is 3.15. The fraction of sp³-hybridized carbons (Fsp3) is 0.500. The Balaban J connectivity index is 1.84. The van der Waals surface area contributed by atoms with Gasteiger partial charge in [0, 0.05) is 0 Å². The van der Waals surface area contributed by atoms with Gasteiger partial charge in [-0.05, 0) is 68.9 Å². The predicted molar refractivity (Wildman–Crippen MR) is 90.6 cm³/mol. The molecule has 1 aliphatic rings. The van der Waals surface area contributed by atoms with Gasteiger partial charge in [0.05, 0.1) is 6.61 Å². The van der Waals surface area contributed by atoms with Gasteiger partial charge in [0.2, 0.25) is 5.82 Å². The average Bonchev–Trinajstić information content (AvgIpc) is 2.58. The van der Waals surface area contributed by atoms with Crippen LogP contribution in [-0.2, 0) is 6.42 Å². The first-order valence-corrected chi connectivity index (χ1v) is 8.52. The van der Waals surface area contributed by atoms with Crippen LogP contribution in [0.2, 0.25) is 0 Å². The summed E-state index contributed by atoms with van der Waals surface area (Å²) in [5, 5.41) is 0. The molecule has 0 atom stereocenters. The number of hydrogen-bond acceptors (Lipinski definition) is 1. The molecule has 0 spiro atoms. The summed E-state index contributed by atoms with van der Waals surface area (Å²) < 4.78 is 32.8. The number of benzene rings is 1. The number of halogens is 2. The first-order valence-electron chi connectivity index (χ1n) is 8.52. The van der Waals surface area contributed by atoms with Crippen molar-refractivity contribution in [1.29, 1.82) is 0 Å². The lowest BCUT2D eigenvalue weighted by Crippen LogP contribution is -2.12. The van der Waals surface area contributed by atoms with Gasteiger partial charge in [0.15, 0.2) is 11.6 Å². The molecule has 3 heteroatoms. The van der Waals surface area contributed by atoms with Crippen molar-refractivity contribution >= 4 is 0 Å². The molecule has 1 aliphatic carbocycles. The largest absolute Gasteiger partial charge is 0.491 e. The summed E-state index contributed by atoms with van der Waals surface area (Å²) in [6.45, 7) is 5.93. The maximum atomic E-state index is 14.0. The van der Waals surface area contributed by atoms with Gasteiger partial charge in [0.1, 0.15) is 0 Å². The summed E-state index contributed by atoms with van der Waals surface area (Å²) in [5.41, 5.74) is 0.373. The molecule has 0 N–H and O–H groups in total. The second kappa shape index (κ2) is 8.85. The highest BCUT2D eigenvalue weighted by molar-refractivity contribution is 5.32. The van der Waals surface area contributed by atoms with Crippen LogP contribution in [0.15, 0.2) is 36.9 Å². The van der Waals surface area contributed by atoms with E-state index in [0.29, 0.717) is 30.4 Å². The Bertz CT molecular complexity index is 543. The van der Waals surface area contributed by atoms with Crippen molar-refractivity contribution in [2.24, 2.45) is 11.8 Å². The summed E-state index contributed by atoms with van der Waals surface area (Å²) in [7, 11) is 0. The third-order valence-electron chi connectivity index (χ3n) is 4.63. The van der Waals surface area contributed by atoms with Crippen LogP contribution >= 0.6 is 0 Å². The summed E-state index contributed by atoms with van der Waals surface area (Å²) in [6.07, 6.45) is 12.4. The summed E-state index contributed by atoms with van der Waals surface area (Å²) in [5.74, 6) is -0.315. The summed E-state index contributed by atoms with van der Waals surface area (Å²) in [6, 6.07) is 3.10. The lowest BCUT2D eigenvalue weighted by atomic mass is 9.80. The van der Waals surface area contributed by atoms with Crippen LogP contribution in [0, 0.1) is 23.5 Å². The molecule has 1 aromatic carbocycles. The van der Waals surface area contributed by atoms with E-state index in [0.717, 1.165) is 6.42 Å². The lowest BCUT2D eigenvalue weighted by Gasteiger charge is -2.25. The zero-order valence-electron chi connectivity index (χ0n) is 13.9. The highest BCUT2D eigenvalue weighted by Crippen LogP contribution is 2.31. The minimum Gasteiger partial charge on any atom is -0.491 e. The van der Waals surface area contributed by atoms with Crippen molar-refractivity contribution < 1.29 is 13.5 Å². The van der Waals surface area contributed by atoms with E-state index >= 15 is 0 Å². The first kappa shape index (κ1) is 17.7. The van der Waals surface area contributed by atoms with Gasteiger partial charge < -0.3 is 4.74 Å². The van der Waals surface area contributed by atoms with Gasteiger partial charge in [-0.1, -0.05) is 24.3 Å². The standard InChI is InChI=1S/C20H26F2O/c1-3-15-9-11-16(12-10-15)7-5-6-8-17-13-14-18(23-4-2)20(22)19(17)21/h3,5-6,13-16H,1,4,7-12H2,2H3. The molecule has 0 aliphatic heterocycles. The minimum absolute atomic E-state index is 0.0169. The summed E-state index contributed by atoms with van der Waals surface area (Å²) in [4.78, 5) is 0. The Labute approximate surface area is 138 Å². The van der Waals surface area contributed by atoms with E-state index in [2.05, 4.69) is 18.7 Å². The second-order valence-corrected chi connectivity index (χ2v) is 6.21. The Morgan fingerprint density at radius 1 is 1.13 bits per heavy atom. The van der Waals surface area contributed by atoms with Gasteiger partial charge >= 0.3 is 0 Å². The van der Waals surface area contributed by atoms with Crippen LogP contribution < -0.4 is 4.74 Å². The molecule has 126 valence electrons. The molecule has 1 fully saturated rings. The van der Waals surface area contributed by atoms with Crippen LogP contribution in [0.25, 0.3) is 0 Å². The van der Waals surface area contributed by atoms with Gasteiger partial charge in [-0.2, -0.15) is 4.39 Å². The van der Waals surface area contributed by atoms with Crippen LogP contribution in [0.5, 0.6) is 5.75 Å². The Kier molecular flexibility index (Phi) is 6.82. The fourth-order valence-electron chi connectivity index (χ4n) is 3.15. The van der Waals surface area contributed by atoms with Crippen LogP contribution in [0.3, 0.4) is 0 Å². The third kappa shape index (κ3) is 4.92. The quantitative estimate of drug-likeness (QED) is 0.573. The molecule has 0 radical (unpaired) electrons. The van der Waals surface area contributed by atoms with E-state index in [1.54, 1.807) is 13.0 Å². The minimum atomic E-state index is -0.888. The molecule has 2 rings (SSSR count). The number of ether oxygens (including phenoxy) is 1. The predicted octanol–water partition coefficient (Wildman–Crippen LogP) is 5.84. The molecule has 0 amide bonds. The van der Waals surface area contributed by atoms with Crippen molar-refractivity contribution in [3.63, 3.8) is 0 Å². The SMILES string of the molecule is C=CC1CCC(CC=CCc2ccc(OCC)c(F)c2F)CC1. The van der Waals surface area contributed by atoms with E-state index in [1.165, 1.54) is 31.7 Å². The van der Waals surface area contributed by atoms with E-state index < -0.39 is 11.6 Å². The molecule has 1 aromatic rings. The second-order valence-electron chi connectivity index (χ2n) is 6.21. The highest BCUT2D eigenvalue weighted by atomic mass is 19.2. The van der Waals surface area contributed by atoms with Crippen molar-refractivity contribution in [2.45, 2.75) is 45.4 Å². The molecular formula is C20H26F2O. The maximum absolute atomic E-state index is 14.0. The lowest BCUT2D eigenvalue weighted by molar-refractivity contribution is 0.312. The van der Waals surface area contributed by atoms with E-state index in [-0.39, 0.29) is 5.75 Å². The first-order chi connectivity index (χ1) is 11.2. The average molecular weight is 320 g/mol. The van der Waals surface area contributed by atoms with E-state index in [4.69, 9.17) is 4.74 Å². The van der Waals surface area contributed by atoms with Gasteiger partial charge in [-0.25, -0.2) is 4.39 Å². The van der Waals surface area contributed by atoms with Crippen LogP contribution in [0.4, 0.5) is 8.78 Å². The third-order valence-corrected chi connectivity index (χ3v) is 4.63. The monoisotopic (exact) mass is 320 g/mol. The number of rotatable bonds is 7. The Morgan fingerprint density at radius 3 is 2.52 bits per heavy atom. The number of allylic oxidation sites excluding steroid dienone is 3. The molecule has 1 saturated carbocycles. The van der Waals surface area contributed by atoms with Gasteiger partial charge in [-0.15, -0.1) is 6.58 Å². The Morgan fingerprint density at radius 2 is 1.87 bits per heavy atom. The zero-order valence-corrected chi connectivity index (χ0v) is 13.9. The summed E-state index contributed by atoms with van der Waals surface area (Å²) >= 11 is 0. The van der Waals surface area contributed by atoms with Crippen molar-refractivity contribution in [2.75, 3.05) is 6.61 Å². The molecule has 23 heavy (non-hydrogen) atoms. The Hall–Kier alpha value is -1.64. The maximum Gasteiger partial charge on any atom is 0.200 e.